The molecule has 0 amide bonds. The highest BCUT2D eigenvalue weighted by Crippen LogP contribution is 2.46. The van der Waals surface area contributed by atoms with Crippen LogP contribution >= 0.6 is 0 Å². The monoisotopic (exact) mass is 230 g/mol. The Balaban J connectivity index is 2.01. The maximum absolute atomic E-state index is 9.84. The van der Waals surface area contributed by atoms with E-state index >= 15 is 0 Å². The normalized spacial score (nSPS) is 17.1. The molecular weight excluding hydrogens is 216 g/mol. The van der Waals surface area contributed by atoms with E-state index in [1.165, 1.54) is 0 Å². The number of aromatic nitrogens is 2. The largest absolute Gasteiger partial charge is 0.507 e. The summed E-state index contributed by atoms with van der Waals surface area (Å²) in [6.07, 6.45) is 2.21. The van der Waals surface area contributed by atoms with Crippen molar-refractivity contribution in [1.29, 1.82) is 0 Å². The Kier molecular flexibility index (Phi) is 2.02. The molecule has 0 bridgehead atoms. The minimum Gasteiger partial charge on any atom is -0.507 e. The number of aryl methyl sites for hydroxylation is 1. The molecule has 0 unspecified atom stereocenters. The molecule has 0 spiro atoms. The second-order valence-electron chi connectivity index (χ2n) is 5.00. The Morgan fingerprint density at radius 2 is 2.12 bits per heavy atom. The first-order chi connectivity index (χ1) is 8.08. The van der Waals surface area contributed by atoms with Crippen molar-refractivity contribution in [2.24, 2.45) is 0 Å². The number of hydrogen-bond acceptors (Lipinski definition) is 4. The number of benzene rings is 1. The third-order valence-corrected chi connectivity index (χ3v) is 3.35. The predicted octanol–water partition coefficient (Wildman–Crippen LogP) is 2.80. The molecule has 0 radical (unpaired) electrons. The van der Waals surface area contributed by atoms with Gasteiger partial charge < -0.3 is 9.63 Å². The zero-order valence-corrected chi connectivity index (χ0v) is 9.90. The number of phenolic OH excluding ortho intramolecular Hbond substituents is 1. The van der Waals surface area contributed by atoms with Crippen molar-refractivity contribution in [2.75, 3.05) is 0 Å². The molecule has 0 aliphatic heterocycles. The summed E-state index contributed by atoms with van der Waals surface area (Å²) in [5.74, 6) is 1.32. The van der Waals surface area contributed by atoms with Crippen LogP contribution in [-0.2, 0) is 5.41 Å². The first kappa shape index (κ1) is 10.3. The van der Waals surface area contributed by atoms with Crippen LogP contribution in [0.5, 0.6) is 5.75 Å². The zero-order valence-electron chi connectivity index (χ0n) is 9.90. The summed E-state index contributed by atoms with van der Waals surface area (Å²) in [6.45, 7) is 4.05. The van der Waals surface area contributed by atoms with Crippen LogP contribution in [0.15, 0.2) is 22.7 Å². The SMILES string of the molecule is Cc1ccc(-c2nc(C3(C)CC3)no2)c(O)c1. The first-order valence-electron chi connectivity index (χ1n) is 5.73. The van der Waals surface area contributed by atoms with Gasteiger partial charge in [-0.2, -0.15) is 4.98 Å². The first-order valence-corrected chi connectivity index (χ1v) is 5.73. The lowest BCUT2D eigenvalue weighted by Gasteiger charge is -2.00. The van der Waals surface area contributed by atoms with E-state index in [1.54, 1.807) is 12.1 Å². The van der Waals surface area contributed by atoms with Gasteiger partial charge in [0.1, 0.15) is 5.75 Å². The van der Waals surface area contributed by atoms with Crippen LogP contribution < -0.4 is 0 Å². The predicted molar refractivity (Wildman–Crippen MR) is 62.7 cm³/mol. The Morgan fingerprint density at radius 1 is 1.35 bits per heavy atom. The molecule has 1 fully saturated rings. The molecule has 4 heteroatoms. The summed E-state index contributed by atoms with van der Waals surface area (Å²) in [4.78, 5) is 4.37. The van der Waals surface area contributed by atoms with Crippen molar-refractivity contribution < 1.29 is 9.63 Å². The third kappa shape index (κ3) is 1.69. The molecule has 0 saturated heterocycles. The van der Waals surface area contributed by atoms with Crippen molar-refractivity contribution in [1.82, 2.24) is 10.1 Å². The van der Waals surface area contributed by atoms with Crippen LogP contribution in [0.4, 0.5) is 0 Å². The summed E-state index contributed by atoms with van der Waals surface area (Å²) < 4.78 is 5.22. The number of aromatic hydroxyl groups is 1. The maximum Gasteiger partial charge on any atom is 0.261 e. The van der Waals surface area contributed by atoms with Gasteiger partial charge in [0.15, 0.2) is 5.82 Å². The highest BCUT2D eigenvalue weighted by Gasteiger charge is 2.43. The smallest absolute Gasteiger partial charge is 0.261 e. The topological polar surface area (TPSA) is 59.2 Å². The van der Waals surface area contributed by atoms with Gasteiger partial charge in [-0.05, 0) is 37.5 Å². The Hall–Kier alpha value is -1.84. The summed E-state index contributed by atoms with van der Waals surface area (Å²) in [7, 11) is 0. The maximum atomic E-state index is 9.84. The quantitative estimate of drug-likeness (QED) is 0.861. The fraction of sp³-hybridized carbons (Fsp3) is 0.385. The van der Waals surface area contributed by atoms with Gasteiger partial charge in [0.05, 0.1) is 5.56 Å². The molecule has 1 N–H and O–H groups in total. The van der Waals surface area contributed by atoms with E-state index < -0.39 is 0 Å². The van der Waals surface area contributed by atoms with Crippen molar-refractivity contribution in [3.8, 4) is 17.2 Å². The standard InChI is InChI=1S/C13H14N2O2/c1-8-3-4-9(10(16)7-8)11-14-12(15-17-11)13(2)5-6-13/h3-4,7,16H,5-6H2,1-2H3. The molecule has 1 aliphatic rings. The second kappa shape index (κ2) is 3.32. The number of hydrogen-bond donors (Lipinski definition) is 1. The summed E-state index contributed by atoms with van der Waals surface area (Å²) in [5, 5.41) is 13.8. The van der Waals surface area contributed by atoms with Gasteiger partial charge in [0.2, 0.25) is 0 Å². The van der Waals surface area contributed by atoms with Crippen molar-refractivity contribution in [3.05, 3.63) is 29.6 Å². The Bertz CT molecular complexity index is 571. The Morgan fingerprint density at radius 3 is 2.76 bits per heavy atom. The van der Waals surface area contributed by atoms with E-state index in [0.29, 0.717) is 11.5 Å². The number of rotatable bonds is 2. The van der Waals surface area contributed by atoms with Crippen molar-refractivity contribution in [2.45, 2.75) is 32.1 Å². The molecule has 1 aliphatic carbocycles. The molecule has 17 heavy (non-hydrogen) atoms. The van der Waals surface area contributed by atoms with Gasteiger partial charge in [-0.1, -0.05) is 18.1 Å². The van der Waals surface area contributed by atoms with Gasteiger partial charge in [-0.25, -0.2) is 0 Å². The van der Waals surface area contributed by atoms with Crippen LogP contribution in [0.1, 0.15) is 31.2 Å². The van der Waals surface area contributed by atoms with Crippen molar-refractivity contribution in [3.63, 3.8) is 0 Å². The zero-order chi connectivity index (χ0) is 12.0. The average molecular weight is 230 g/mol. The molecular formula is C13H14N2O2. The van der Waals surface area contributed by atoms with E-state index in [2.05, 4.69) is 17.1 Å². The number of nitrogens with zero attached hydrogens (tertiary/aromatic N) is 2. The van der Waals surface area contributed by atoms with E-state index in [-0.39, 0.29) is 11.2 Å². The molecule has 88 valence electrons. The molecule has 1 saturated carbocycles. The van der Waals surface area contributed by atoms with E-state index in [1.807, 2.05) is 13.0 Å². The van der Waals surface area contributed by atoms with Crippen molar-refractivity contribution >= 4 is 0 Å². The molecule has 1 heterocycles. The van der Waals surface area contributed by atoms with Gasteiger partial charge in [-0.3, -0.25) is 0 Å². The Labute approximate surface area is 99.3 Å². The van der Waals surface area contributed by atoms with Gasteiger partial charge in [-0.15, -0.1) is 0 Å². The molecule has 3 rings (SSSR count). The van der Waals surface area contributed by atoms with Gasteiger partial charge >= 0.3 is 0 Å². The molecule has 0 atom stereocenters. The van der Waals surface area contributed by atoms with Crippen LogP contribution in [-0.4, -0.2) is 15.2 Å². The fourth-order valence-corrected chi connectivity index (χ4v) is 1.81. The van der Waals surface area contributed by atoms with Gasteiger partial charge in [0, 0.05) is 5.41 Å². The lowest BCUT2D eigenvalue weighted by Crippen LogP contribution is -2.01. The van der Waals surface area contributed by atoms with E-state index in [9.17, 15) is 5.11 Å². The molecule has 1 aromatic carbocycles. The summed E-state index contributed by atoms with van der Waals surface area (Å²) in [5.41, 5.74) is 1.68. The average Bonchev–Trinajstić information content (AvgIpc) is 2.85. The third-order valence-electron chi connectivity index (χ3n) is 3.35. The summed E-state index contributed by atoms with van der Waals surface area (Å²) >= 11 is 0. The minimum absolute atomic E-state index is 0.0854. The van der Waals surface area contributed by atoms with Gasteiger partial charge in [0.25, 0.3) is 5.89 Å². The lowest BCUT2D eigenvalue weighted by atomic mass is 10.1. The minimum atomic E-state index is 0.0854. The lowest BCUT2D eigenvalue weighted by molar-refractivity contribution is 0.411. The van der Waals surface area contributed by atoms with Crippen LogP contribution in [0, 0.1) is 6.92 Å². The molecule has 1 aromatic heterocycles. The molecule has 4 nitrogen and oxygen atoms in total. The fourth-order valence-electron chi connectivity index (χ4n) is 1.81. The van der Waals surface area contributed by atoms with Crippen LogP contribution in [0.2, 0.25) is 0 Å². The molecule has 2 aromatic rings. The van der Waals surface area contributed by atoms with E-state index in [4.69, 9.17) is 4.52 Å². The van der Waals surface area contributed by atoms with Crippen LogP contribution in [0.3, 0.4) is 0 Å². The van der Waals surface area contributed by atoms with Crippen LogP contribution in [0.25, 0.3) is 11.5 Å². The highest BCUT2D eigenvalue weighted by atomic mass is 16.5. The second-order valence-corrected chi connectivity index (χ2v) is 5.00. The summed E-state index contributed by atoms with van der Waals surface area (Å²) in [6, 6.07) is 5.41. The highest BCUT2D eigenvalue weighted by molar-refractivity contribution is 5.62. The number of phenols is 1. The van der Waals surface area contributed by atoms with E-state index in [0.717, 1.165) is 24.2 Å².